The zero-order valence-corrected chi connectivity index (χ0v) is 14.0. The summed E-state index contributed by atoms with van der Waals surface area (Å²) in [5.41, 5.74) is 0.123. The standard InChI is InChI=1S/C16H27N3OS/c1-3-4-5-6-7-8-9-10-11-12-13-21-16-17-15(20)14(2)18-19-16/h2-13H2,1H3. The van der Waals surface area contributed by atoms with Gasteiger partial charge >= 0.3 is 0 Å². The second-order valence-electron chi connectivity index (χ2n) is 5.38. The molecule has 118 valence electrons. The molecule has 0 aromatic heterocycles. The van der Waals surface area contributed by atoms with Gasteiger partial charge in [-0.15, -0.1) is 10.2 Å². The van der Waals surface area contributed by atoms with Crippen molar-refractivity contribution < 1.29 is 4.79 Å². The number of amides is 1. The van der Waals surface area contributed by atoms with Gasteiger partial charge in [0.25, 0.3) is 5.91 Å². The molecule has 4 nitrogen and oxygen atoms in total. The van der Waals surface area contributed by atoms with Gasteiger partial charge in [-0.25, -0.2) is 0 Å². The minimum atomic E-state index is -0.365. The van der Waals surface area contributed by atoms with E-state index < -0.39 is 0 Å². The average molecular weight is 309 g/mol. The van der Waals surface area contributed by atoms with Gasteiger partial charge in [-0.1, -0.05) is 83.1 Å². The lowest BCUT2D eigenvalue weighted by Crippen LogP contribution is -2.04. The highest BCUT2D eigenvalue weighted by Gasteiger charge is 2.12. The molecule has 0 aliphatic carbocycles. The summed E-state index contributed by atoms with van der Waals surface area (Å²) >= 11 is 1.51. The van der Waals surface area contributed by atoms with Crippen molar-refractivity contribution in [3.8, 4) is 0 Å². The fraction of sp³-hybridized carbons (Fsp3) is 0.750. The van der Waals surface area contributed by atoms with E-state index in [9.17, 15) is 4.79 Å². The Morgan fingerprint density at radius 3 is 2.05 bits per heavy atom. The zero-order valence-electron chi connectivity index (χ0n) is 13.1. The smallest absolute Gasteiger partial charge is 0.265 e. The molecule has 0 unspecified atom stereocenters. The van der Waals surface area contributed by atoms with Gasteiger partial charge in [0.15, 0.2) is 0 Å². The van der Waals surface area contributed by atoms with Crippen molar-refractivity contribution in [2.45, 2.75) is 71.1 Å². The number of aliphatic imine (C=N–C) groups is 1. The van der Waals surface area contributed by atoms with E-state index in [0.717, 1.165) is 12.2 Å². The molecule has 1 aliphatic heterocycles. The number of carbonyl (C=O) groups is 1. The number of amidine groups is 1. The minimum Gasteiger partial charge on any atom is -0.265 e. The molecule has 1 rings (SSSR count). The lowest BCUT2D eigenvalue weighted by molar-refractivity contribution is -0.114. The summed E-state index contributed by atoms with van der Waals surface area (Å²) in [5.74, 6) is 0.587. The predicted octanol–water partition coefficient (Wildman–Crippen LogP) is 5.50. The van der Waals surface area contributed by atoms with Gasteiger partial charge < -0.3 is 0 Å². The number of rotatable bonds is 11. The van der Waals surface area contributed by atoms with E-state index >= 15 is 0 Å². The molecule has 0 saturated heterocycles. The van der Waals surface area contributed by atoms with Gasteiger partial charge in [0.2, 0.25) is 5.17 Å². The molecule has 0 aromatic carbocycles. The van der Waals surface area contributed by atoms with Crippen LogP contribution in [0.3, 0.4) is 0 Å². The number of hydrogen-bond acceptors (Lipinski definition) is 4. The van der Waals surface area contributed by atoms with Gasteiger partial charge in [-0.3, -0.25) is 4.79 Å². The van der Waals surface area contributed by atoms with E-state index in [0.29, 0.717) is 5.17 Å². The molecule has 0 radical (unpaired) electrons. The summed E-state index contributed by atoms with van der Waals surface area (Å²) in [5, 5.41) is 8.03. The maximum absolute atomic E-state index is 11.3. The van der Waals surface area contributed by atoms with Crippen molar-refractivity contribution in [2.24, 2.45) is 15.2 Å². The third-order valence-electron chi connectivity index (χ3n) is 3.43. The minimum absolute atomic E-state index is 0.123. The van der Waals surface area contributed by atoms with Crippen LogP contribution in [0.1, 0.15) is 71.1 Å². The highest BCUT2D eigenvalue weighted by Crippen LogP contribution is 2.17. The number of thioether (sulfide) groups is 1. The van der Waals surface area contributed by atoms with Crippen LogP contribution in [0.25, 0.3) is 0 Å². The highest BCUT2D eigenvalue weighted by atomic mass is 32.2. The van der Waals surface area contributed by atoms with Crippen LogP contribution in [0.2, 0.25) is 0 Å². The van der Waals surface area contributed by atoms with Crippen LogP contribution in [-0.4, -0.2) is 16.8 Å². The summed E-state index contributed by atoms with van der Waals surface area (Å²) in [6, 6.07) is 0. The summed E-state index contributed by atoms with van der Waals surface area (Å²) in [7, 11) is 0. The normalized spacial score (nSPS) is 14.6. The van der Waals surface area contributed by atoms with Crippen LogP contribution in [0.15, 0.2) is 27.5 Å². The Bertz CT molecular complexity index is 391. The van der Waals surface area contributed by atoms with Crippen LogP contribution in [-0.2, 0) is 4.79 Å². The number of hydrogen-bond donors (Lipinski definition) is 0. The lowest BCUT2D eigenvalue weighted by atomic mass is 10.1. The van der Waals surface area contributed by atoms with Crippen LogP contribution in [0.4, 0.5) is 0 Å². The number of carbonyl (C=O) groups excluding carboxylic acids is 1. The fourth-order valence-corrected chi connectivity index (χ4v) is 2.91. The molecule has 1 amide bonds. The Balaban J connectivity index is 1.89. The monoisotopic (exact) mass is 309 g/mol. The largest absolute Gasteiger partial charge is 0.299 e. The number of azo groups is 1. The van der Waals surface area contributed by atoms with Crippen molar-refractivity contribution in [1.29, 1.82) is 0 Å². The fourth-order valence-electron chi connectivity index (χ4n) is 2.13. The third-order valence-corrected chi connectivity index (χ3v) is 4.35. The maximum atomic E-state index is 11.3. The summed E-state index contributed by atoms with van der Waals surface area (Å²) in [4.78, 5) is 15.1. The van der Waals surface area contributed by atoms with E-state index in [1.807, 2.05) is 0 Å². The van der Waals surface area contributed by atoms with Crippen LogP contribution < -0.4 is 0 Å². The first-order valence-corrected chi connectivity index (χ1v) is 9.09. The van der Waals surface area contributed by atoms with Gasteiger partial charge in [0.05, 0.1) is 0 Å². The van der Waals surface area contributed by atoms with E-state index in [2.05, 4.69) is 28.7 Å². The van der Waals surface area contributed by atoms with E-state index in [1.54, 1.807) is 0 Å². The van der Waals surface area contributed by atoms with Crippen molar-refractivity contribution in [3.63, 3.8) is 0 Å². The first-order chi connectivity index (χ1) is 10.2. The molecule has 0 N–H and O–H groups in total. The van der Waals surface area contributed by atoms with E-state index in [4.69, 9.17) is 0 Å². The predicted molar refractivity (Wildman–Crippen MR) is 90.7 cm³/mol. The number of nitrogens with zero attached hydrogens (tertiary/aromatic N) is 3. The Morgan fingerprint density at radius 2 is 1.48 bits per heavy atom. The molecule has 0 spiro atoms. The Labute approximate surface area is 132 Å². The molecule has 0 bridgehead atoms. The van der Waals surface area contributed by atoms with Crippen molar-refractivity contribution in [1.82, 2.24) is 0 Å². The molecule has 5 heteroatoms. The highest BCUT2D eigenvalue weighted by molar-refractivity contribution is 8.13. The molecular weight excluding hydrogens is 282 g/mol. The van der Waals surface area contributed by atoms with Gasteiger partial charge in [-0.2, -0.15) is 4.99 Å². The summed E-state index contributed by atoms with van der Waals surface area (Å²) in [6.45, 7) is 5.72. The van der Waals surface area contributed by atoms with Crippen molar-refractivity contribution in [3.05, 3.63) is 12.3 Å². The molecule has 21 heavy (non-hydrogen) atoms. The molecule has 0 saturated carbocycles. The average Bonchev–Trinajstić information content (AvgIpc) is 2.48. The van der Waals surface area contributed by atoms with E-state index in [-0.39, 0.29) is 11.6 Å². The van der Waals surface area contributed by atoms with E-state index in [1.165, 1.54) is 69.5 Å². The molecule has 1 aliphatic rings. The second-order valence-corrected chi connectivity index (χ2v) is 6.44. The van der Waals surface area contributed by atoms with Crippen LogP contribution >= 0.6 is 11.8 Å². The Morgan fingerprint density at radius 1 is 0.905 bits per heavy atom. The molecular formula is C16H27N3OS. The Hall–Kier alpha value is -0.970. The first-order valence-electron chi connectivity index (χ1n) is 8.10. The van der Waals surface area contributed by atoms with Crippen LogP contribution in [0, 0.1) is 0 Å². The molecule has 0 aromatic rings. The summed E-state index contributed by atoms with van der Waals surface area (Å²) in [6.07, 6.45) is 13.3. The van der Waals surface area contributed by atoms with Crippen molar-refractivity contribution in [2.75, 3.05) is 5.75 Å². The summed E-state index contributed by atoms with van der Waals surface area (Å²) < 4.78 is 0. The molecule has 0 fully saturated rings. The van der Waals surface area contributed by atoms with Gasteiger partial charge in [0, 0.05) is 5.75 Å². The van der Waals surface area contributed by atoms with Gasteiger partial charge in [0.1, 0.15) is 5.70 Å². The van der Waals surface area contributed by atoms with Gasteiger partial charge in [-0.05, 0) is 6.42 Å². The molecule has 0 atom stereocenters. The number of unbranched alkanes of at least 4 members (excludes halogenated alkanes) is 9. The topological polar surface area (TPSA) is 54.1 Å². The SMILES string of the molecule is C=C1N=NC(SCCCCCCCCCCCC)=NC1=O. The van der Waals surface area contributed by atoms with Crippen molar-refractivity contribution >= 4 is 22.8 Å². The second kappa shape index (κ2) is 11.7. The lowest BCUT2D eigenvalue weighted by Gasteiger charge is -2.04. The quantitative estimate of drug-likeness (QED) is 0.373. The van der Waals surface area contributed by atoms with Crippen LogP contribution in [0.5, 0.6) is 0 Å². The molecule has 1 heterocycles. The third kappa shape index (κ3) is 8.81. The Kier molecular flexibility index (Phi) is 10.0. The maximum Gasteiger partial charge on any atom is 0.299 e. The first kappa shape index (κ1) is 18.1. The zero-order chi connectivity index (χ0) is 15.3.